The van der Waals surface area contributed by atoms with Crippen LogP contribution in [0, 0.1) is 11.3 Å². The molecule has 0 unspecified atom stereocenters. The summed E-state index contributed by atoms with van der Waals surface area (Å²) in [5, 5.41) is 11.7. The quantitative estimate of drug-likeness (QED) is 0.882. The molecule has 2 aromatic rings. The number of nitriles is 1. The summed E-state index contributed by atoms with van der Waals surface area (Å²) >= 11 is 0. The van der Waals surface area contributed by atoms with Gasteiger partial charge in [0.05, 0.1) is 45.1 Å². The molecule has 0 fully saturated rings. The van der Waals surface area contributed by atoms with Crippen LogP contribution in [0.2, 0.25) is 0 Å². The van der Waals surface area contributed by atoms with Crippen LogP contribution in [0.1, 0.15) is 21.5 Å². The van der Waals surface area contributed by atoms with Gasteiger partial charge < -0.3 is 19.5 Å². The molecule has 1 amide bonds. The minimum atomic E-state index is -0.285. The molecule has 0 aliphatic carbocycles. The number of carbonyl (C=O) groups is 1. The van der Waals surface area contributed by atoms with E-state index in [2.05, 4.69) is 5.32 Å². The van der Waals surface area contributed by atoms with Crippen molar-refractivity contribution in [3.05, 3.63) is 53.1 Å². The van der Waals surface area contributed by atoms with Gasteiger partial charge in [0.25, 0.3) is 5.91 Å². The summed E-state index contributed by atoms with van der Waals surface area (Å²) in [4.78, 5) is 12.3. The number of methoxy groups -OCH3 is 3. The Balaban J connectivity index is 2.22. The number of nitrogens with zero attached hydrogens (tertiary/aromatic N) is 1. The number of hydrogen-bond donors (Lipinski definition) is 1. The molecule has 0 heterocycles. The van der Waals surface area contributed by atoms with Gasteiger partial charge in [0.15, 0.2) is 0 Å². The fourth-order valence-corrected chi connectivity index (χ4v) is 2.25. The first-order chi connectivity index (χ1) is 11.6. The maximum Gasteiger partial charge on any atom is 0.251 e. The highest BCUT2D eigenvalue weighted by Crippen LogP contribution is 2.33. The van der Waals surface area contributed by atoms with Crippen molar-refractivity contribution in [2.75, 3.05) is 21.3 Å². The zero-order chi connectivity index (χ0) is 17.5. The van der Waals surface area contributed by atoms with Crippen LogP contribution < -0.4 is 19.5 Å². The summed E-state index contributed by atoms with van der Waals surface area (Å²) < 4.78 is 15.9. The summed E-state index contributed by atoms with van der Waals surface area (Å²) in [7, 11) is 4.63. The molecule has 0 saturated heterocycles. The van der Waals surface area contributed by atoms with E-state index in [1.807, 2.05) is 6.07 Å². The number of nitrogens with one attached hydrogen (secondary N) is 1. The van der Waals surface area contributed by atoms with Crippen LogP contribution in [0.25, 0.3) is 0 Å². The largest absolute Gasteiger partial charge is 0.496 e. The SMILES string of the molecule is COc1cc(OC)c(CNC(=O)c2cccc(C#N)c2)c(OC)c1. The van der Waals surface area contributed by atoms with Crippen LogP contribution in [-0.2, 0) is 6.54 Å². The van der Waals surface area contributed by atoms with E-state index >= 15 is 0 Å². The predicted octanol–water partition coefficient (Wildman–Crippen LogP) is 2.51. The smallest absolute Gasteiger partial charge is 0.251 e. The Morgan fingerprint density at radius 1 is 1.08 bits per heavy atom. The van der Waals surface area contributed by atoms with Gasteiger partial charge in [0, 0.05) is 17.7 Å². The van der Waals surface area contributed by atoms with Crippen molar-refractivity contribution in [2.45, 2.75) is 6.54 Å². The third-order valence-corrected chi connectivity index (χ3v) is 3.50. The van der Waals surface area contributed by atoms with Gasteiger partial charge in [-0.3, -0.25) is 4.79 Å². The van der Waals surface area contributed by atoms with Crippen molar-refractivity contribution in [1.29, 1.82) is 5.26 Å². The maximum absolute atomic E-state index is 12.3. The van der Waals surface area contributed by atoms with E-state index in [1.165, 1.54) is 20.3 Å². The molecule has 0 bridgehead atoms. The lowest BCUT2D eigenvalue weighted by Gasteiger charge is -2.15. The third-order valence-electron chi connectivity index (χ3n) is 3.50. The second-order valence-electron chi connectivity index (χ2n) is 4.89. The Morgan fingerprint density at radius 3 is 2.29 bits per heavy atom. The number of rotatable bonds is 6. The standard InChI is InChI=1S/C18H18N2O4/c1-22-14-8-16(23-2)15(17(9-14)24-3)11-20-18(21)13-6-4-5-12(7-13)10-19/h4-9H,11H2,1-3H3,(H,20,21). The molecule has 6 nitrogen and oxygen atoms in total. The van der Waals surface area contributed by atoms with Crippen LogP contribution >= 0.6 is 0 Å². The molecule has 0 atom stereocenters. The zero-order valence-corrected chi connectivity index (χ0v) is 13.8. The van der Waals surface area contributed by atoms with Crippen LogP contribution in [0.5, 0.6) is 17.2 Å². The summed E-state index contributed by atoms with van der Waals surface area (Å²) in [6.45, 7) is 0.214. The first-order valence-electron chi connectivity index (χ1n) is 7.20. The molecule has 0 aliphatic rings. The Hall–Kier alpha value is -3.20. The van der Waals surface area contributed by atoms with Gasteiger partial charge in [-0.2, -0.15) is 5.26 Å². The molecule has 0 aliphatic heterocycles. The van der Waals surface area contributed by atoms with Gasteiger partial charge in [0.2, 0.25) is 0 Å². The highest BCUT2D eigenvalue weighted by molar-refractivity contribution is 5.94. The molecule has 0 saturated carbocycles. The van der Waals surface area contributed by atoms with E-state index in [1.54, 1.807) is 37.4 Å². The van der Waals surface area contributed by atoms with Gasteiger partial charge in [-0.1, -0.05) is 6.07 Å². The Labute approximate surface area is 140 Å². The second kappa shape index (κ2) is 7.88. The van der Waals surface area contributed by atoms with Crippen molar-refractivity contribution in [1.82, 2.24) is 5.32 Å². The van der Waals surface area contributed by atoms with Gasteiger partial charge in [-0.25, -0.2) is 0 Å². The molecule has 1 N–H and O–H groups in total. The van der Waals surface area contributed by atoms with E-state index in [0.717, 1.165) is 0 Å². The minimum Gasteiger partial charge on any atom is -0.496 e. The fraction of sp³-hybridized carbons (Fsp3) is 0.222. The molecule has 6 heteroatoms. The molecule has 124 valence electrons. The molecule has 2 rings (SSSR count). The third kappa shape index (κ3) is 3.76. The summed E-state index contributed by atoms with van der Waals surface area (Å²) in [5.74, 6) is 1.42. The first kappa shape index (κ1) is 17.2. The number of ether oxygens (including phenoxy) is 3. The van der Waals surface area contributed by atoms with Gasteiger partial charge in [-0.05, 0) is 18.2 Å². The molecule has 2 aromatic carbocycles. The molecule has 0 spiro atoms. The lowest BCUT2D eigenvalue weighted by atomic mass is 10.1. The summed E-state index contributed by atoms with van der Waals surface area (Å²) in [6.07, 6.45) is 0. The van der Waals surface area contributed by atoms with Crippen LogP contribution in [0.15, 0.2) is 36.4 Å². The molecule has 0 radical (unpaired) electrons. The topological polar surface area (TPSA) is 80.6 Å². The average molecular weight is 326 g/mol. The highest BCUT2D eigenvalue weighted by Gasteiger charge is 2.15. The van der Waals surface area contributed by atoms with E-state index in [0.29, 0.717) is 33.9 Å². The normalized spacial score (nSPS) is 9.75. The monoisotopic (exact) mass is 326 g/mol. The number of amides is 1. The van der Waals surface area contributed by atoms with E-state index in [-0.39, 0.29) is 12.5 Å². The van der Waals surface area contributed by atoms with Crippen LogP contribution in [0.4, 0.5) is 0 Å². The predicted molar refractivity (Wildman–Crippen MR) is 88.4 cm³/mol. The molecular formula is C18H18N2O4. The van der Waals surface area contributed by atoms with Crippen LogP contribution in [0.3, 0.4) is 0 Å². The highest BCUT2D eigenvalue weighted by atomic mass is 16.5. The number of benzene rings is 2. The van der Waals surface area contributed by atoms with Gasteiger partial charge in [-0.15, -0.1) is 0 Å². The van der Waals surface area contributed by atoms with Crippen molar-refractivity contribution in [3.8, 4) is 23.3 Å². The average Bonchev–Trinajstić information content (AvgIpc) is 2.65. The summed E-state index contributed by atoms with van der Waals surface area (Å²) in [5.41, 5.74) is 1.55. The van der Waals surface area contributed by atoms with E-state index < -0.39 is 0 Å². The van der Waals surface area contributed by atoms with Crippen molar-refractivity contribution in [3.63, 3.8) is 0 Å². The summed E-state index contributed by atoms with van der Waals surface area (Å²) in [6, 6.07) is 12.0. The number of hydrogen-bond acceptors (Lipinski definition) is 5. The van der Waals surface area contributed by atoms with Crippen molar-refractivity contribution < 1.29 is 19.0 Å². The first-order valence-corrected chi connectivity index (χ1v) is 7.20. The van der Waals surface area contributed by atoms with Crippen LogP contribution in [-0.4, -0.2) is 27.2 Å². The second-order valence-corrected chi connectivity index (χ2v) is 4.89. The number of carbonyl (C=O) groups excluding carboxylic acids is 1. The fourth-order valence-electron chi connectivity index (χ4n) is 2.25. The lowest BCUT2D eigenvalue weighted by Crippen LogP contribution is -2.23. The van der Waals surface area contributed by atoms with Crippen molar-refractivity contribution >= 4 is 5.91 Å². The maximum atomic E-state index is 12.3. The van der Waals surface area contributed by atoms with Gasteiger partial charge >= 0.3 is 0 Å². The minimum absolute atomic E-state index is 0.214. The van der Waals surface area contributed by atoms with E-state index in [4.69, 9.17) is 19.5 Å². The zero-order valence-electron chi connectivity index (χ0n) is 13.8. The van der Waals surface area contributed by atoms with E-state index in [9.17, 15) is 4.79 Å². The molecule has 0 aromatic heterocycles. The van der Waals surface area contributed by atoms with Crippen molar-refractivity contribution in [2.24, 2.45) is 0 Å². The Morgan fingerprint density at radius 2 is 1.75 bits per heavy atom. The molecule has 24 heavy (non-hydrogen) atoms. The lowest BCUT2D eigenvalue weighted by molar-refractivity contribution is 0.0950. The molecular weight excluding hydrogens is 308 g/mol. The van der Waals surface area contributed by atoms with Gasteiger partial charge in [0.1, 0.15) is 17.2 Å². The Bertz CT molecular complexity index is 756. The Kier molecular flexibility index (Phi) is 5.63.